The van der Waals surface area contributed by atoms with E-state index in [0.717, 1.165) is 17.5 Å². The summed E-state index contributed by atoms with van der Waals surface area (Å²) >= 11 is 0. The van der Waals surface area contributed by atoms with Crippen molar-refractivity contribution in [3.05, 3.63) is 82.6 Å². The number of oxazole rings is 1. The summed E-state index contributed by atoms with van der Waals surface area (Å²) in [7, 11) is 0. The lowest BCUT2D eigenvalue weighted by molar-refractivity contribution is -0.134. The second-order valence-corrected chi connectivity index (χ2v) is 9.38. The third-order valence-electron chi connectivity index (χ3n) is 6.13. The molecule has 3 aromatic rings. The first-order valence-electron chi connectivity index (χ1n) is 12.2. The van der Waals surface area contributed by atoms with Gasteiger partial charge in [0.2, 0.25) is 11.8 Å². The Morgan fingerprint density at radius 2 is 1.97 bits per heavy atom. The molecule has 0 aliphatic carbocycles. The highest BCUT2D eigenvalue weighted by atomic mass is 16.5. The van der Waals surface area contributed by atoms with Crippen LogP contribution in [-0.4, -0.2) is 34.8 Å². The Labute approximate surface area is 206 Å². The lowest BCUT2D eigenvalue weighted by Gasteiger charge is -2.38. The number of aromatic nitrogens is 1. The number of ether oxygens (including phenoxy) is 1. The summed E-state index contributed by atoms with van der Waals surface area (Å²) < 4.78 is 11.4. The van der Waals surface area contributed by atoms with Crippen LogP contribution in [0.3, 0.4) is 0 Å². The highest BCUT2D eigenvalue weighted by Crippen LogP contribution is 2.38. The van der Waals surface area contributed by atoms with Crippen LogP contribution in [0.5, 0.6) is 5.75 Å². The van der Waals surface area contributed by atoms with Crippen LogP contribution in [0.4, 0.5) is 0 Å². The molecule has 0 saturated heterocycles. The van der Waals surface area contributed by atoms with Crippen LogP contribution in [0, 0.1) is 12.8 Å². The first-order valence-corrected chi connectivity index (χ1v) is 12.2. The van der Waals surface area contributed by atoms with E-state index in [0.29, 0.717) is 37.1 Å². The van der Waals surface area contributed by atoms with Crippen molar-refractivity contribution in [2.75, 3.05) is 13.1 Å². The Morgan fingerprint density at radius 3 is 2.69 bits per heavy atom. The number of carbonyl (C=O) groups excluding carboxylic acids is 2. The third kappa shape index (κ3) is 5.73. The summed E-state index contributed by atoms with van der Waals surface area (Å²) in [5.74, 6) is 1.18. The SMILES string of the molecule is CCNC(=O)c1coc(COc2ccc3c(c2)[C@H](c2ccc(C)cc2)N(C(=O)CC(C)C)CC3)n1. The summed E-state index contributed by atoms with van der Waals surface area (Å²) in [5.41, 5.74) is 4.79. The van der Waals surface area contributed by atoms with E-state index >= 15 is 0 Å². The predicted molar refractivity (Wildman–Crippen MR) is 133 cm³/mol. The summed E-state index contributed by atoms with van der Waals surface area (Å²) in [6.45, 7) is 9.36. The van der Waals surface area contributed by atoms with E-state index in [9.17, 15) is 9.59 Å². The summed E-state index contributed by atoms with van der Waals surface area (Å²) in [5, 5.41) is 2.70. The zero-order chi connectivity index (χ0) is 24.9. The van der Waals surface area contributed by atoms with Crippen LogP contribution in [-0.2, 0) is 17.8 Å². The van der Waals surface area contributed by atoms with Gasteiger partial charge in [-0.3, -0.25) is 9.59 Å². The average Bonchev–Trinajstić information content (AvgIpc) is 3.31. The number of rotatable bonds is 8. The molecule has 0 fully saturated rings. The molecule has 7 nitrogen and oxygen atoms in total. The molecule has 1 aliphatic rings. The average molecular weight is 476 g/mol. The maximum Gasteiger partial charge on any atom is 0.273 e. The third-order valence-corrected chi connectivity index (χ3v) is 6.13. The molecule has 1 aliphatic heterocycles. The van der Waals surface area contributed by atoms with Crippen LogP contribution in [0.25, 0.3) is 0 Å². The van der Waals surface area contributed by atoms with Crippen molar-refractivity contribution in [1.29, 1.82) is 0 Å². The van der Waals surface area contributed by atoms with Gasteiger partial charge in [-0.2, -0.15) is 0 Å². The van der Waals surface area contributed by atoms with Crippen molar-refractivity contribution in [2.24, 2.45) is 5.92 Å². The molecule has 1 N–H and O–H groups in total. The molecule has 0 radical (unpaired) electrons. The first-order chi connectivity index (χ1) is 16.9. The van der Waals surface area contributed by atoms with Crippen molar-refractivity contribution >= 4 is 11.8 Å². The highest BCUT2D eigenvalue weighted by Gasteiger charge is 2.32. The fraction of sp³-hybridized carbons (Fsp3) is 0.393. The molecule has 7 heteroatoms. The van der Waals surface area contributed by atoms with Gasteiger partial charge in [0.25, 0.3) is 5.91 Å². The predicted octanol–water partition coefficient (Wildman–Crippen LogP) is 4.83. The van der Waals surface area contributed by atoms with E-state index in [-0.39, 0.29) is 30.2 Å². The molecule has 2 aromatic carbocycles. The van der Waals surface area contributed by atoms with Gasteiger partial charge in [0.1, 0.15) is 12.0 Å². The van der Waals surface area contributed by atoms with Gasteiger partial charge in [-0.25, -0.2) is 4.98 Å². The number of nitrogens with one attached hydrogen (secondary N) is 1. The quantitative estimate of drug-likeness (QED) is 0.504. The minimum absolute atomic E-state index is 0.101. The van der Waals surface area contributed by atoms with Crippen LogP contribution in [0.15, 0.2) is 53.1 Å². The molecule has 4 rings (SSSR count). The largest absolute Gasteiger partial charge is 0.484 e. The Kier molecular flexibility index (Phi) is 7.54. The summed E-state index contributed by atoms with van der Waals surface area (Å²) in [6, 6.07) is 14.2. The molecule has 1 atom stereocenters. The number of hydrogen-bond donors (Lipinski definition) is 1. The Hall–Kier alpha value is -3.61. The van der Waals surface area contributed by atoms with Gasteiger partial charge in [-0.15, -0.1) is 0 Å². The number of benzene rings is 2. The first kappa shape index (κ1) is 24.5. The number of fused-ring (bicyclic) bond motifs is 1. The Morgan fingerprint density at radius 1 is 1.20 bits per heavy atom. The molecule has 184 valence electrons. The number of carbonyl (C=O) groups is 2. The molecule has 1 aromatic heterocycles. The van der Waals surface area contributed by atoms with Crippen molar-refractivity contribution in [2.45, 2.75) is 53.2 Å². The summed E-state index contributed by atoms with van der Waals surface area (Å²) in [4.78, 5) is 31.4. The number of aryl methyl sites for hydroxylation is 1. The van der Waals surface area contributed by atoms with Crippen LogP contribution < -0.4 is 10.1 Å². The highest BCUT2D eigenvalue weighted by molar-refractivity contribution is 5.91. The molecular formula is C28H33N3O4. The molecule has 0 unspecified atom stereocenters. The van der Waals surface area contributed by atoms with Gasteiger partial charge in [-0.1, -0.05) is 49.7 Å². The van der Waals surface area contributed by atoms with E-state index < -0.39 is 0 Å². The van der Waals surface area contributed by atoms with E-state index in [1.807, 2.05) is 24.0 Å². The number of hydrogen-bond acceptors (Lipinski definition) is 5. The van der Waals surface area contributed by atoms with Crippen molar-refractivity contribution in [3.8, 4) is 5.75 Å². The van der Waals surface area contributed by atoms with Crippen molar-refractivity contribution in [3.63, 3.8) is 0 Å². The monoisotopic (exact) mass is 475 g/mol. The van der Waals surface area contributed by atoms with E-state index in [1.54, 1.807) is 0 Å². The van der Waals surface area contributed by atoms with Gasteiger partial charge in [-0.05, 0) is 55.0 Å². The maximum atomic E-state index is 13.2. The molecule has 2 heterocycles. The lowest BCUT2D eigenvalue weighted by atomic mass is 9.87. The van der Waals surface area contributed by atoms with Gasteiger partial charge < -0.3 is 19.4 Å². The van der Waals surface area contributed by atoms with E-state index in [4.69, 9.17) is 9.15 Å². The minimum Gasteiger partial charge on any atom is -0.484 e. The number of nitrogens with zero attached hydrogens (tertiary/aromatic N) is 2. The zero-order valence-corrected chi connectivity index (χ0v) is 20.8. The van der Waals surface area contributed by atoms with Crippen molar-refractivity contribution in [1.82, 2.24) is 15.2 Å². The fourth-order valence-corrected chi connectivity index (χ4v) is 4.40. The maximum absolute atomic E-state index is 13.2. The Balaban J connectivity index is 1.59. The normalized spacial score (nSPS) is 15.1. The van der Waals surface area contributed by atoms with Gasteiger partial charge >= 0.3 is 0 Å². The smallest absolute Gasteiger partial charge is 0.273 e. The summed E-state index contributed by atoms with van der Waals surface area (Å²) in [6.07, 6.45) is 2.66. The molecule has 0 saturated carbocycles. The fourth-order valence-electron chi connectivity index (χ4n) is 4.40. The molecular weight excluding hydrogens is 442 g/mol. The second-order valence-electron chi connectivity index (χ2n) is 9.38. The Bertz CT molecular complexity index is 1180. The van der Waals surface area contributed by atoms with Gasteiger partial charge in [0.05, 0.1) is 6.04 Å². The van der Waals surface area contributed by atoms with E-state index in [2.05, 4.69) is 61.4 Å². The van der Waals surface area contributed by atoms with Crippen LogP contribution in [0.1, 0.15) is 71.9 Å². The zero-order valence-electron chi connectivity index (χ0n) is 20.8. The lowest BCUT2D eigenvalue weighted by Crippen LogP contribution is -2.41. The molecule has 2 amide bonds. The van der Waals surface area contributed by atoms with Gasteiger partial charge in [0.15, 0.2) is 12.3 Å². The number of amides is 2. The molecule has 0 spiro atoms. The second kappa shape index (κ2) is 10.8. The van der Waals surface area contributed by atoms with Crippen molar-refractivity contribution < 1.29 is 18.7 Å². The van der Waals surface area contributed by atoms with E-state index in [1.165, 1.54) is 17.4 Å². The topological polar surface area (TPSA) is 84.7 Å². The minimum atomic E-state index is -0.275. The molecule has 0 bridgehead atoms. The van der Waals surface area contributed by atoms with Gasteiger partial charge in [0, 0.05) is 19.5 Å². The standard InChI is InChI=1S/C28H33N3O4/c1-5-29-28(33)24-16-35-25(30-24)17-34-22-11-10-20-12-13-31(26(32)14-18(2)3)27(23(20)15-22)21-8-6-19(4)7-9-21/h6-11,15-16,18,27H,5,12-14,17H2,1-4H3,(H,29,33)/t27-/m0/s1. The van der Waals surface area contributed by atoms with Crippen LogP contribution >= 0.6 is 0 Å². The van der Waals surface area contributed by atoms with Crippen LogP contribution in [0.2, 0.25) is 0 Å². The molecule has 35 heavy (non-hydrogen) atoms.